The Morgan fingerprint density at radius 2 is 1.92 bits per heavy atom. The van der Waals surface area contributed by atoms with E-state index in [1.807, 2.05) is 0 Å². The summed E-state index contributed by atoms with van der Waals surface area (Å²) in [6.45, 7) is 0. The molecule has 5 heteroatoms. The van der Waals surface area contributed by atoms with Crippen LogP contribution in [0.15, 0.2) is 12.4 Å². The summed E-state index contributed by atoms with van der Waals surface area (Å²) in [6, 6.07) is 0. The van der Waals surface area contributed by atoms with Gasteiger partial charge in [-0.05, 0) is 0 Å². The van der Waals surface area contributed by atoms with Crippen molar-refractivity contribution in [3.05, 3.63) is 29.6 Å². The monoisotopic (exact) mass is 173 g/mol. The predicted octanol–water partition coefficient (Wildman–Crippen LogP) is 0.987. The highest BCUT2D eigenvalue weighted by molar-refractivity contribution is 5.70. The summed E-state index contributed by atoms with van der Waals surface area (Å²) >= 11 is 0. The average Bonchev–Trinajstić information content (AvgIpc) is 1.97. The molecule has 64 valence electrons. The van der Waals surface area contributed by atoms with E-state index < -0.39 is 29.6 Å². The third kappa shape index (κ3) is 1.75. The van der Waals surface area contributed by atoms with E-state index in [2.05, 4.69) is 4.98 Å². The molecule has 0 aliphatic heterocycles. The van der Waals surface area contributed by atoms with E-state index in [1.165, 1.54) is 0 Å². The first-order valence-corrected chi connectivity index (χ1v) is 3.11. The minimum Gasteiger partial charge on any atom is -0.481 e. The first-order chi connectivity index (χ1) is 5.61. The number of hydrogen-bond acceptors (Lipinski definition) is 2. The molecule has 0 atom stereocenters. The van der Waals surface area contributed by atoms with E-state index in [-0.39, 0.29) is 0 Å². The minimum absolute atomic E-state index is 0.461. The zero-order valence-electron chi connectivity index (χ0n) is 5.92. The maximum absolute atomic E-state index is 12.6. The molecule has 0 fully saturated rings. The van der Waals surface area contributed by atoms with Crippen LogP contribution >= 0.6 is 0 Å². The van der Waals surface area contributed by atoms with Gasteiger partial charge in [-0.15, -0.1) is 0 Å². The maximum Gasteiger partial charge on any atom is 0.308 e. The van der Waals surface area contributed by atoms with Crippen molar-refractivity contribution in [1.29, 1.82) is 0 Å². The highest BCUT2D eigenvalue weighted by Gasteiger charge is 2.11. The van der Waals surface area contributed by atoms with Crippen molar-refractivity contribution in [3.8, 4) is 0 Å². The van der Waals surface area contributed by atoms with Crippen LogP contribution in [0.2, 0.25) is 0 Å². The van der Waals surface area contributed by atoms with Crippen LogP contribution in [0.4, 0.5) is 8.78 Å². The first-order valence-electron chi connectivity index (χ1n) is 3.11. The average molecular weight is 173 g/mol. The number of hydrogen-bond donors (Lipinski definition) is 1. The second kappa shape index (κ2) is 3.25. The second-order valence-corrected chi connectivity index (χ2v) is 2.15. The van der Waals surface area contributed by atoms with Crippen molar-refractivity contribution in [2.24, 2.45) is 0 Å². The Balaban J connectivity index is 3.04. The maximum atomic E-state index is 12.6. The molecule has 1 heterocycles. The summed E-state index contributed by atoms with van der Waals surface area (Å²) < 4.78 is 25.3. The lowest BCUT2D eigenvalue weighted by Crippen LogP contribution is -2.05. The summed E-state index contributed by atoms with van der Waals surface area (Å²) in [5.41, 5.74) is -0.461. The van der Waals surface area contributed by atoms with Gasteiger partial charge in [0.05, 0.1) is 18.8 Å². The number of carboxylic acids is 1. The molecule has 0 radical (unpaired) electrons. The molecule has 0 spiro atoms. The number of pyridine rings is 1. The molecule has 12 heavy (non-hydrogen) atoms. The molecule has 1 aromatic heterocycles. The van der Waals surface area contributed by atoms with Crippen LogP contribution in [-0.2, 0) is 11.2 Å². The van der Waals surface area contributed by atoms with Crippen LogP contribution in [0.1, 0.15) is 5.56 Å². The van der Waals surface area contributed by atoms with Gasteiger partial charge in [0.15, 0.2) is 0 Å². The van der Waals surface area contributed by atoms with Crippen molar-refractivity contribution in [3.63, 3.8) is 0 Å². The number of rotatable bonds is 2. The van der Waals surface area contributed by atoms with Crippen molar-refractivity contribution in [1.82, 2.24) is 4.98 Å². The number of nitrogens with zero attached hydrogens (tertiary/aromatic N) is 1. The molecular formula is C7H5F2NO2. The van der Waals surface area contributed by atoms with Crippen LogP contribution in [0.25, 0.3) is 0 Å². The van der Waals surface area contributed by atoms with Gasteiger partial charge in [0.25, 0.3) is 0 Å². The van der Waals surface area contributed by atoms with Crippen LogP contribution in [0.3, 0.4) is 0 Å². The van der Waals surface area contributed by atoms with E-state index in [1.54, 1.807) is 0 Å². The molecule has 0 bridgehead atoms. The van der Waals surface area contributed by atoms with Crippen LogP contribution in [0, 0.1) is 11.6 Å². The molecular weight excluding hydrogens is 168 g/mol. The number of halogens is 2. The lowest BCUT2D eigenvalue weighted by Gasteiger charge is -1.99. The van der Waals surface area contributed by atoms with E-state index in [4.69, 9.17) is 5.11 Å². The molecule has 0 unspecified atom stereocenters. The fraction of sp³-hybridized carbons (Fsp3) is 0.143. The molecule has 0 aliphatic rings. The van der Waals surface area contributed by atoms with E-state index in [0.29, 0.717) is 0 Å². The Morgan fingerprint density at radius 1 is 1.42 bits per heavy atom. The lowest BCUT2D eigenvalue weighted by molar-refractivity contribution is -0.136. The summed E-state index contributed by atoms with van der Waals surface area (Å²) in [5.74, 6) is -3.14. The van der Waals surface area contributed by atoms with Gasteiger partial charge < -0.3 is 5.11 Å². The van der Waals surface area contributed by atoms with Crippen LogP contribution < -0.4 is 0 Å². The molecule has 0 amide bonds. The Bertz CT molecular complexity index is 294. The highest BCUT2D eigenvalue weighted by atomic mass is 19.1. The van der Waals surface area contributed by atoms with Crippen molar-refractivity contribution in [2.75, 3.05) is 0 Å². The van der Waals surface area contributed by atoms with Gasteiger partial charge in [0, 0.05) is 5.56 Å². The van der Waals surface area contributed by atoms with E-state index in [0.717, 1.165) is 12.4 Å². The fourth-order valence-electron chi connectivity index (χ4n) is 0.758. The Hall–Kier alpha value is -1.52. The van der Waals surface area contributed by atoms with Crippen LogP contribution in [0.5, 0.6) is 0 Å². The zero-order valence-corrected chi connectivity index (χ0v) is 5.92. The molecule has 0 aromatic carbocycles. The van der Waals surface area contributed by atoms with Gasteiger partial charge in [0.2, 0.25) is 0 Å². The summed E-state index contributed by atoms with van der Waals surface area (Å²) in [6.07, 6.45) is 0.892. The second-order valence-electron chi connectivity index (χ2n) is 2.15. The molecule has 1 rings (SSSR count). The standard InChI is InChI=1S/C7H5F2NO2/c8-5-2-10-3-6(9)4(5)1-7(11)12/h2-3H,1H2,(H,11,12). The molecule has 0 aliphatic carbocycles. The minimum atomic E-state index is -1.28. The zero-order chi connectivity index (χ0) is 9.14. The third-order valence-electron chi connectivity index (χ3n) is 1.28. The normalized spacial score (nSPS) is 9.83. The summed E-state index contributed by atoms with van der Waals surface area (Å²) in [5, 5.41) is 8.26. The van der Waals surface area contributed by atoms with Gasteiger partial charge in [0.1, 0.15) is 11.6 Å². The Kier molecular flexibility index (Phi) is 2.32. The van der Waals surface area contributed by atoms with Crippen molar-refractivity contribution in [2.45, 2.75) is 6.42 Å². The molecule has 3 nitrogen and oxygen atoms in total. The summed E-state index contributed by atoms with van der Waals surface area (Å²) in [7, 11) is 0. The Labute approximate surface area is 66.7 Å². The molecule has 0 saturated carbocycles. The predicted molar refractivity (Wildman–Crippen MR) is 35.5 cm³/mol. The molecule has 1 N–H and O–H groups in total. The number of carboxylic acid groups (broad SMARTS) is 1. The van der Waals surface area contributed by atoms with Crippen molar-refractivity contribution >= 4 is 5.97 Å². The lowest BCUT2D eigenvalue weighted by atomic mass is 10.2. The van der Waals surface area contributed by atoms with Gasteiger partial charge in [-0.2, -0.15) is 0 Å². The quantitative estimate of drug-likeness (QED) is 0.725. The number of aromatic nitrogens is 1. The third-order valence-corrected chi connectivity index (χ3v) is 1.28. The Morgan fingerprint density at radius 3 is 2.33 bits per heavy atom. The molecule has 1 aromatic rings. The van der Waals surface area contributed by atoms with E-state index >= 15 is 0 Å². The first kappa shape index (κ1) is 8.58. The smallest absolute Gasteiger partial charge is 0.308 e. The van der Waals surface area contributed by atoms with Gasteiger partial charge in [-0.25, -0.2) is 8.78 Å². The SMILES string of the molecule is O=C(O)Cc1c(F)cncc1F. The largest absolute Gasteiger partial charge is 0.481 e. The highest BCUT2D eigenvalue weighted by Crippen LogP contribution is 2.10. The van der Waals surface area contributed by atoms with Crippen molar-refractivity contribution < 1.29 is 18.7 Å². The summed E-state index contributed by atoms with van der Waals surface area (Å²) in [4.78, 5) is 13.3. The number of carbonyl (C=O) groups is 1. The molecule has 0 saturated heterocycles. The van der Waals surface area contributed by atoms with Gasteiger partial charge >= 0.3 is 5.97 Å². The van der Waals surface area contributed by atoms with Crippen LogP contribution in [-0.4, -0.2) is 16.1 Å². The fourth-order valence-corrected chi connectivity index (χ4v) is 0.758. The van der Waals surface area contributed by atoms with E-state index in [9.17, 15) is 13.6 Å². The number of aliphatic carboxylic acids is 1. The van der Waals surface area contributed by atoms with Gasteiger partial charge in [-0.1, -0.05) is 0 Å². The topological polar surface area (TPSA) is 50.2 Å². The van der Waals surface area contributed by atoms with Gasteiger partial charge in [-0.3, -0.25) is 9.78 Å².